The second-order valence-corrected chi connectivity index (χ2v) is 5.06. The van der Waals surface area contributed by atoms with Crippen LogP contribution in [-0.4, -0.2) is 30.6 Å². The Morgan fingerprint density at radius 3 is 2.94 bits per heavy atom. The van der Waals surface area contributed by atoms with Gasteiger partial charge in [0.15, 0.2) is 5.78 Å². The maximum Gasteiger partial charge on any atom is 0.152 e. The number of rotatable bonds is 5. The number of hydrogen-bond donors (Lipinski definition) is 1. The van der Waals surface area contributed by atoms with Crippen LogP contribution in [0.2, 0.25) is 0 Å². The van der Waals surface area contributed by atoms with Crippen LogP contribution in [0.15, 0.2) is 0 Å². The monoisotopic (exact) mass is 225 g/mol. The number of hydrogen-bond acceptors (Lipinski definition) is 3. The quantitative estimate of drug-likeness (QED) is 0.778. The zero-order valence-corrected chi connectivity index (χ0v) is 10.3. The van der Waals surface area contributed by atoms with Crippen molar-refractivity contribution < 1.29 is 9.53 Å². The van der Waals surface area contributed by atoms with Gasteiger partial charge in [-0.25, -0.2) is 0 Å². The largest absolute Gasteiger partial charge is 0.378 e. The van der Waals surface area contributed by atoms with Crippen molar-refractivity contribution >= 4 is 5.78 Å². The lowest BCUT2D eigenvalue weighted by Crippen LogP contribution is -2.47. The van der Waals surface area contributed by atoms with Crippen LogP contribution in [-0.2, 0) is 9.53 Å². The van der Waals surface area contributed by atoms with Gasteiger partial charge in [-0.05, 0) is 45.1 Å². The first-order chi connectivity index (χ1) is 7.77. The molecular formula is C13H23NO2. The van der Waals surface area contributed by atoms with E-state index in [-0.39, 0.29) is 5.54 Å². The summed E-state index contributed by atoms with van der Waals surface area (Å²) in [4.78, 5) is 12.2. The summed E-state index contributed by atoms with van der Waals surface area (Å²) in [5.74, 6) is 0.406. The number of Topliss-reactive ketones (excluding diaryl/α,β-unsaturated/α-hetero) is 1. The molecule has 0 amide bonds. The van der Waals surface area contributed by atoms with E-state index in [0.717, 1.165) is 51.7 Å². The van der Waals surface area contributed by atoms with Crippen LogP contribution in [0.3, 0.4) is 0 Å². The molecule has 92 valence electrons. The summed E-state index contributed by atoms with van der Waals surface area (Å²) in [6, 6.07) is 0. The standard InChI is InChI=1S/C13H23NO2/c1-2-13(8-4-9-14-13)12(15)7-6-11-5-3-10-16-11/h11,14H,2-10H2,1H3. The van der Waals surface area contributed by atoms with Gasteiger partial charge in [-0.15, -0.1) is 0 Å². The van der Waals surface area contributed by atoms with Gasteiger partial charge in [-0.1, -0.05) is 6.92 Å². The zero-order chi connectivity index (χ0) is 11.4. The predicted molar refractivity (Wildman–Crippen MR) is 63.5 cm³/mol. The molecule has 1 N–H and O–H groups in total. The third-order valence-electron chi connectivity index (χ3n) is 4.10. The van der Waals surface area contributed by atoms with E-state index in [1.54, 1.807) is 0 Å². The average molecular weight is 225 g/mol. The smallest absolute Gasteiger partial charge is 0.152 e. The van der Waals surface area contributed by atoms with E-state index >= 15 is 0 Å². The molecule has 3 nitrogen and oxygen atoms in total. The molecule has 0 aliphatic carbocycles. The van der Waals surface area contributed by atoms with Gasteiger partial charge in [-0.2, -0.15) is 0 Å². The van der Waals surface area contributed by atoms with Crippen LogP contribution in [0.5, 0.6) is 0 Å². The van der Waals surface area contributed by atoms with Gasteiger partial charge in [0.05, 0.1) is 11.6 Å². The Kier molecular flexibility index (Phi) is 3.98. The van der Waals surface area contributed by atoms with Gasteiger partial charge in [0.1, 0.15) is 0 Å². The van der Waals surface area contributed by atoms with Crippen molar-refractivity contribution in [1.82, 2.24) is 5.32 Å². The molecule has 16 heavy (non-hydrogen) atoms. The van der Waals surface area contributed by atoms with E-state index in [4.69, 9.17) is 4.74 Å². The second-order valence-electron chi connectivity index (χ2n) is 5.06. The molecule has 0 bridgehead atoms. The molecular weight excluding hydrogens is 202 g/mol. The SMILES string of the molecule is CCC1(C(=O)CCC2CCCO2)CCCN1. The second kappa shape index (κ2) is 5.28. The molecule has 3 heteroatoms. The number of ether oxygens (including phenoxy) is 1. The lowest BCUT2D eigenvalue weighted by atomic mass is 9.86. The lowest BCUT2D eigenvalue weighted by Gasteiger charge is -2.26. The van der Waals surface area contributed by atoms with Crippen molar-refractivity contribution in [2.75, 3.05) is 13.2 Å². The van der Waals surface area contributed by atoms with Crippen LogP contribution < -0.4 is 5.32 Å². The summed E-state index contributed by atoms with van der Waals surface area (Å²) >= 11 is 0. The topological polar surface area (TPSA) is 38.3 Å². The Balaban J connectivity index is 1.81. The lowest BCUT2D eigenvalue weighted by molar-refractivity contribution is -0.125. The normalized spacial score (nSPS) is 34.4. The van der Waals surface area contributed by atoms with Gasteiger partial charge in [0, 0.05) is 13.0 Å². The molecule has 2 saturated heterocycles. The molecule has 2 rings (SSSR count). The van der Waals surface area contributed by atoms with Crippen LogP contribution >= 0.6 is 0 Å². The van der Waals surface area contributed by atoms with Crippen LogP contribution in [0.25, 0.3) is 0 Å². The van der Waals surface area contributed by atoms with E-state index in [0.29, 0.717) is 18.3 Å². The first-order valence-corrected chi connectivity index (χ1v) is 6.67. The first-order valence-electron chi connectivity index (χ1n) is 6.67. The molecule has 2 aliphatic rings. The molecule has 0 aromatic carbocycles. The maximum absolute atomic E-state index is 12.2. The third-order valence-corrected chi connectivity index (χ3v) is 4.10. The fourth-order valence-corrected chi connectivity index (χ4v) is 2.95. The van der Waals surface area contributed by atoms with Crippen molar-refractivity contribution in [2.24, 2.45) is 0 Å². The van der Waals surface area contributed by atoms with Crippen molar-refractivity contribution in [1.29, 1.82) is 0 Å². The summed E-state index contributed by atoms with van der Waals surface area (Å²) in [7, 11) is 0. The molecule has 2 unspecified atom stereocenters. The Labute approximate surface area is 97.9 Å². The zero-order valence-electron chi connectivity index (χ0n) is 10.3. The van der Waals surface area contributed by atoms with E-state index in [9.17, 15) is 4.79 Å². The van der Waals surface area contributed by atoms with Gasteiger partial charge in [0.2, 0.25) is 0 Å². The molecule has 0 aromatic heterocycles. The molecule has 2 fully saturated rings. The van der Waals surface area contributed by atoms with Crippen molar-refractivity contribution in [3.05, 3.63) is 0 Å². The van der Waals surface area contributed by atoms with E-state index < -0.39 is 0 Å². The summed E-state index contributed by atoms with van der Waals surface area (Å²) in [5, 5.41) is 3.40. The molecule has 2 atom stereocenters. The Hall–Kier alpha value is -0.410. The van der Waals surface area contributed by atoms with E-state index in [2.05, 4.69) is 12.2 Å². The highest BCUT2D eigenvalue weighted by molar-refractivity contribution is 5.88. The first kappa shape index (κ1) is 12.1. The number of carbonyl (C=O) groups is 1. The highest BCUT2D eigenvalue weighted by Gasteiger charge is 2.38. The number of carbonyl (C=O) groups excluding carboxylic acids is 1. The third kappa shape index (κ3) is 2.46. The number of ketones is 1. The summed E-state index contributed by atoms with van der Waals surface area (Å²) in [6.45, 7) is 4.00. The molecule has 0 radical (unpaired) electrons. The predicted octanol–water partition coefficient (Wildman–Crippen LogP) is 2.05. The van der Waals surface area contributed by atoms with Gasteiger partial charge in [-0.3, -0.25) is 4.79 Å². The summed E-state index contributed by atoms with van der Waals surface area (Å²) in [6.07, 6.45) is 7.34. The Morgan fingerprint density at radius 2 is 2.38 bits per heavy atom. The Morgan fingerprint density at radius 1 is 1.50 bits per heavy atom. The fraction of sp³-hybridized carbons (Fsp3) is 0.923. The van der Waals surface area contributed by atoms with E-state index in [1.165, 1.54) is 0 Å². The molecule has 0 spiro atoms. The van der Waals surface area contributed by atoms with E-state index in [1.807, 2.05) is 0 Å². The molecule has 0 aromatic rings. The van der Waals surface area contributed by atoms with Crippen LogP contribution in [0, 0.1) is 0 Å². The molecule has 2 aliphatic heterocycles. The van der Waals surface area contributed by atoms with Crippen LogP contribution in [0.1, 0.15) is 51.9 Å². The number of nitrogens with one attached hydrogen (secondary N) is 1. The minimum atomic E-state index is -0.196. The average Bonchev–Trinajstić information content (AvgIpc) is 2.97. The van der Waals surface area contributed by atoms with Gasteiger partial charge in [0.25, 0.3) is 0 Å². The highest BCUT2D eigenvalue weighted by Crippen LogP contribution is 2.27. The van der Waals surface area contributed by atoms with Gasteiger partial charge < -0.3 is 10.1 Å². The van der Waals surface area contributed by atoms with Gasteiger partial charge >= 0.3 is 0 Å². The minimum Gasteiger partial charge on any atom is -0.378 e. The minimum absolute atomic E-state index is 0.196. The summed E-state index contributed by atoms with van der Waals surface area (Å²) < 4.78 is 5.56. The van der Waals surface area contributed by atoms with Crippen molar-refractivity contribution in [3.8, 4) is 0 Å². The highest BCUT2D eigenvalue weighted by atomic mass is 16.5. The molecule has 0 saturated carbocycles. The maximum atomic E-state index is 12.2. The summed E-state index contributed by atoms with van der Waals surface area (Å²) in [5.41, 5.74) is -0.196. The Bertz CT molecular complexity index is 240. The van der Waals surface area contributed by atoms with Crippen molar-refractivity contribution in [3.63, 3.8) is 0 Å². The van der Waals surface area contributed by atoms with Crippen LogP contribution in [0.4, 0.5) is 0 Å². The fourth-order valence-electron chi connectivity index (χ4n) is 2.95. The molecule has 2 heterocycles. The van der Waals surface area contributed by atoms with Crippen molar-refractivity contribution in [2.45, 2.75) is 63.5 Å².